The van der Waals surface area contributed by atoms with E-state index in [1.807, 2.05) is 6.92 Å². The van der Waals surface area contributed by atoms with Crippen molar-refractivity contribution in [1.82, 2.24) is 0 Å². The van der Waals surface area contributed by atoms with Gasteiger partial charge in [-0.1, -0.05) is 49.9 Å². The molecular formula is C14H19Cl2NO. The van der Waals surface area contributed by atoms with Gasteiger partial charge < -0.3 is 5.32 Å². The summed E-state index contributed by atoms with van der Waals surface area (Å²) in [5.74, 6) is 0.0897. The zero-order valence-electron chi connectivity index (χ0n) is 10.8. The van der Waals surface area contributed by atoms with E-state index in [9.17, 15) is 4.79 Å². The molecule has 2 nitrogen and oxygen atoms in total. The van der Waals surface area contributed by atoms with E-state index in [0.29, 0.717) is 15.7 Å². The van der Waals surface area contributed by atoms with E-state index < -0.39 is 0 Å². The largest absolute Gasteiger partial charge is 0.325 e. The lowest BCUT2D eigenvalue weighted by molar-refractivity contribution is -0.120. The Hall–Kier alpha value is -0.730. The van der Waals surface area contributed by atoms with Gasteiger partial charge in [0.25, 0.3) is 0 Å². The van der Waals surface area contributed by atoms with Gasteiger partial charge in [0.1, 0.15) is 0 Å². The Morgan fingerprint density at radius 3 is 2.61 bits per heavy atom. The molecule has 0 heterocycles. The molecule has 100 valence electrons. The van der Waals surface area contributed by atoms with Crippen LogP contribution in [0.5, 0.6) is 0 Å². The number of rotatable bonds is 6. The van der Waals surface area contributed by atoms with E-state index in [4.69, 9.17) is 23.2 Å². The Bertz CT molecular complexity index is 407. The summed E-state index contributed by atoms with van der Waals surface area (Å²) in [5.41, 5.74) is 0.626. The summed E-state index contributed by atoms with van der Waals surface area (Å²) >= 11 is 11.8. The van der Waals surface area contributed by atoms with Crippen LogP contribution in [0.1, 0.15) is 39.5 Å². The Morgan fingerprint density at radius 2 is 2.06 bits per heavy atom. The number of hydrogen-bond donors (Lipinski definition) is 1. The highest BCUT2D eigenvalue weighted by molar-refractivity contribution is 6.36. The van der Waals surface area contributed by atoms with Crippen molar-refractivity contribution in [3.05, 3.63) is 28.2 Å². The van der Waals surface area contributed by atoms with Crippen LogP contribution in [0.2, 0.25) is 10.0 Å². The van der Waals surface area contributed by atoms with Crippen LogP contribution in [0.25, 0.3) is 0 Å². The highest BCUT2D eigenvalue weighted by Crippen LogP contribution is 2.26. The Balaban J connectivity index is 2.67. The number of unbranched alkanes of at least 4 members (excludes halogenated alkanes) is 1. The molecule has 1 aromatic carbocycles. The number of hydrogen-bond acceptors (Lipinski definition) is 1. The first-order valence-electron chi connectivity index (χ1n) is 6.34. The second kappa shape index (κ2) is 7.65. The van der Waals surface area contributed by atoms with Gasteiger partial charge in [0, 0.05) is 10.9 Å². The maximum absolute atomic E-state index is 12.1. The molecule has 1 rings (SSSR count). The molecule has 0 radical (unpaired) electrons. The smallest absolute Gasteiger partial charge is 0.227 e. The Kier molecular flexibility index (Phi) is 6.51. The monoisotopic (exact) mass is 287 g/mol. The molecule has 0 saturated carbocycles. The number of carbonyl (C=O) groups excluding carboxylic acids is 1. The van der Waals surface area contributed by atoms with Crippen molar-refractivity contribution in [2.45, 2.75) is 39.5 Å². The number of halogens is 2. The van der Waals surface area contributed by atoms with Gasteiger partial charge >= 0.3 is 0 Å². The molecule has 18 heavy (non-hydrogen) atoms. The molecule has 1 atom stereocenters. The first-order chi connectivity index (χ1) is 8.58. The summed E-state index contributed by atoms with van der Waals surface area (Å²) in [4.78, 5) is 12.1. The SMILES string of the molecule is CCCC[C@H](CC)C(=O)Nc1ccc(Cl)cc1Cl. The van der Waals surface area contributed by atoms with Crippen molar-refractivity contribution in [1.29, 1.82) is 0 Å². The molecule has 1 N–H and O–H groups in total. The summed E-state index contributed by atoms with van der Waals surface area (Å²) in [6.45, 7) is 4.16. The number of nitrogens with one attached hydrogen (secondary N) is 1. The molecule has 0 aliphatic heterocycles. The van der Waals surface area contributed by atoms with Crippen LogP contribution in [0.15, 0.2) is 18.2 Å². The first-order valence-corrected chi connectivity index (χ1v) is 7.10. The zero-order valence-corrected chi connectivity index (χ0v) is 12.3. The highest BCUT2D eigenvalue weighted by Gasteiger charge is 2.16. The second-order valence-electron chi connectivity index (χ2n) is 4.36. The third kappa shape index (κ3) is 4.51. The molecule has 0 bridgehead atoms. The van der Waals surface area contributed by atoms with Crippen LogP contribution < -0.4 is 5.32 Å². The molecule has 0 aliphatic carbocycles. The van der Waals surface area contributed by atoms with E-state index in [0.717, 1.165) is 25.7 Å². The molecule has 4 heteroatoms. The minimum absolute atomic E-state index is 0.0372. The van der Waals surface area contributed by atoms with Crippen LogP contribution in [0.4, 0.5) is 5.69 Å². The van der Waals surface area contributed by atoms with Gasteiger partial charge in [0.05, 0.1) is 10.7 Å². The van der Waals surface area contributed by atoms with Crippen LogP contribution in [-0.4, -0.2) is 5.91 Å². The highest BCUT2D eigenvalue weighted by atomic mass is 35.5. The molecule has 0 unspecified atom stereocenters. The number of carbonyl (C=O) groups is 1. The maximum Gasteiger partial charge on any atom is 0.227 e. The lowest BCUT2D eigenvalue weighted by atomic mass is 9.98. The van der Waals surface area contributed by atoms with Crippen molar-refractivity contribution in [2.24, 2.45) is 5.92 Å². The molecule has 0 saturated heterocycles. The van der Waals surface area contributed by atoms with Gasteiger partial charge in [-0.05, 0) is 31.0 Å². The van der Waals surface area contributed by atoms with E-state index >= 15 is 0 Å². The molecule has 1 aromatic rings. The molecule has 0 aliphatic rings. The van der Waals surface area contributed by atoms with Crippen LogP contribution >= 0.6 is 23.2 Å². The van der Waals surface area contributed by atoms with Gasteiger partial charge in [-0.2, -0.15) is 0 Å². The summed E-state index contributed by atoms with van der Waals surface area (Å²) in [6.07, 6.45) is 3.94. The Morgan fingerprint density at radius 1 is 1.33 bits per heavy atom. The molecular weight excluding hydrogens is 269 g/mol. The fourth-order valence-electron chi connectivity index (χ4n) is 1.80. The van der Waals surface area contributed by atoms with Gasteiger partial charge in [-0.25, -0.2) is 0 Å². The number of benzene rings is 1. The molecule has 0 aromatic heterocycles. The van der Waals surface area contributed by atoms with Crippen LogP contribution in [0.3, 0.4) is 0 Å². The quantitative estimate of drug-likeness (QED) is 0.770. The normalized spacial score (nSPS) is 12.2. The van der Waals surface area contributed by atoms with Gasteiger partial charge in [-0.15, -0.1) is 0 Å². The molecule has 0 spiro atoms. The van der Waals surface area contributed by atoms with Gasteiger partial charge in [-0.3, -0.25) is 4.79 Å². The minimum Gasteiger partial charge on any atom is -0.325 e. The van der Waals surface area contributed by atoms with Crippen molar-refractivity contribution >= 4 is 34.8 Å². The van der Waals surface area contributed by atoms with Crippen LogP contribution in [0, 0.1) is 5.92 Å². The minimum atomic E-state index is 0.0372. The zero-order chi connectivity index (χ0) is 13.5. The molecule has 0 fully saturated rings. The average molecular weight is 288 g/mol. The van der Waals surface area contributed by atoms with Crippen molar-refractivity contribution in [2.75, 3.05) is 5.32 Å². The molecule has 1 amide bonds. The number of anilines is 1. The summed E-state index contributed by atoms with van der Waals surface area (Å²) in [5, 5.41) is 3.91. The Labute approximate surface area is 119 Å². The topological polar surface area (TPSA) is 29.1 Å². The second-order valence-corrected chi connectivity index (χ2v) is 5.20. The van der Waals surface area contributed by atoms with Gasteiger partial charge in [0.2, 0.25) is 5.91 Å². The van der Waals surface area contributed by atoms with E-state index in [1.54, 1.807) is 18.2 Å². The fraction of sp³-hybridized carbons (Fsp3) is 0.500. The predicted molar refractivity (Wildman–Crippen MR) is 78.4 cm³/mol. The summed E-state index contributed by atoms with van der Waals surface area (Å²) < 4.78 is 0. The third-order valence-corrected chi connectivity index (χ3v) is 3.51. The fourth-order valence-corrected chi connectivity index (χ4v) is 2.25. The van der Waals surface area contributed by atoms with E-state index in [1.165, 1.54) is 0 Å². The maximum atomic E-state index is 12.1. The van der Waals surface area contributed by atoms with E-state index in [-0.39, 0.29) is 11.8 Å². The first kappa shape index (κ1) is 15.3. The third-order valence-electron chi connectivity index (χ3n) is 2.96. The van der Waals surface area contributed by atoms with Crippen molar-refractivity contribution in [3.63, 3.8) is 0 Å². The number of amides is 1. The van der Waals surface area contributed by atoms with Crippen molar-refractivity contribution < 1.29 is 4.79 Å². The van der Waals surface area contributed by atoms with Crippen LogP contribution in [-0.2, 0) is 4.79 Å². The van der Waals surface area contributed by atoms with E-state index in [2.05, 4.69) is 12.2 Å². The predicted octanol–water partition coefficient (Wildman–Crippen LogP) is 5.15. The summed E-state index contributed by atoms with van der Waals surface area (Å²) in [7, 11) is 0. The van der Waals surface area contributed by atoms with Gasteiger partial charge in [0.15, 0.2) is 0 Å². The summed E-state index contributed by atoms with van der Waals surface area (Å²) in [6, 6.07) is 5.08. The lowest BCUT2D eigenvalue weighted by Gasteiger charge is -2.15. The standard InChI is InChI=1S/C14H19Cl2NO/c1-3-5-6-10(4-2)14(18)17-13-8-7-11(15)9-12(13)16/h7-10H,3-6H2,1-2H3,(H,17,18)/t10-/m0/s1. The lowest BCUT2D eigenvalue weighted by Crippen LogP contribution is -2.22. The van der Waals surface area contributed by atoms with Crippen molar-refractivity contribution in [3.8, 4) is 0 Å². The average Bonchev–Trinajstić information content (AvgIpc) is 2.34.